The quantitative estimate of drug-likeness (QED) is 0.193. The largest absolute Gasteiger partial charge is 0.439 e. The zero-order chi connectivity index (χ0) is 32.3. The molecule has 3 aromatic carbocycles. The molecule has 0 saturated carbocycles. The molecule has 1 atom stereocenters. The van der Waals surface area contributed by atoms with Crippen molar-refractivity contribution < 1.29 is 14.1 Å². The molecule has 0 spiro atoms. The Morgan fingerprint density at radius 2 is 1.83 bits per heavy atom. The molecule has 0 fully saturated rings. The molecule has 3 heterocycles. The summed E-state index contributed by atoms with van der Waals surface area (Å²) in [5.74, 6) is -1.24. The van der Waals surface area contributed by atoms with E-state index in [4.69, 9.17) is 5.73 Å². The van der Waals surface area contributed by atoms with Gasteiger partial charge in [-0.2, -0.15) is 0 Å². The molecule has 232 valence electrons. The van der Waals surface area contributed by atoms with Crippen LogP contribution in [0.25, 0.3) is 11.4 Å². The number of carbonyl (C=O) groups excluding carboxylic acids is 2. The van der Waals surface area contributed by atoms with Crippen LogP contribution in [0.3, 0.4) is 0 Å². The zero-order valence-electron chi connectivity index (χ0n) is 24.8. The molecule has 2 aliphatic rings. The van der Waals surface area contributed by atoms with E-state index in [0.29, 0.717) is 30.8 Å². The number of fused-ring (bicyclic) bond motifs is 2. The molecule has 1 aliphatic heterocycles. The number of nitrogens with two attached hydrogens (primary N) is 1. The molecule has 14 nitrogen and oxygen atoms in total. The summed E-state index contributed by atoms with van der Waals surface area (Å²) in [7, 11) is 0. The van der Waals surface area contributed by atoms with Crippen LogP contribution in [0.15, 0.2) is 67.7 Å². The van der Waals surface area contributed by atoms with Gasteiger partial charge < -0.3 is 21.3 Å². The Labute approximate surface area is 260 Å². The van der Waals surface area contributed by atoms with E-state index in [1.807, 2.05) is 44.2 Å². The summed E-state index contributed by atoms with van der Waals surface area (Å²) in [6.45, 7) is 4.72. The second kappa shape index (κ2) is 10.6. The first-order chi connectivity index (χ1) is 22.0. The van der Waals surface area contributed by atoms with Crippen LogP contribution in [0.1, 0.15) is 69.5 Å². The van der Waals surface area contributed by atoms with Crippen LogP contribution < -0.4 is 37.9 Å². The Morgan fingerprint density at radius 3 is 2.57 bits per heavy atom. The molecule has 5 aromatic rings. The van der Waals surface area contributed by atoms with Crippen LogP contribution in [-0.2, 0) is 18.4 Å². The number of nitrogens with zero attached hydrogens (tertiary/aromatic N) is 4. The summed E-state index contributed by atoms with van der Waals surface area (Å²) in [6, 6.07) is 12.4. The highest BCUT2D eigenvalue weighted by Crippen LogP contribution is 2.45. The number of hydrogen-bond donors (Lipinski definition) is 4. The van der Waals surface area contributed by atoms with Gasteiger partial charge in [-0.3, -0.25) is 28.7 Å². The van der Waals surface area contributed by atoms with Gasteiger partial charge in [-0.15, -0.1) is 0 Å². The van der Waals surface area contributed by atoms with Crippen molar-refractivity contribution in [3.8, 4) is 11.4 Å². The van der Waals surface area contributed by atoms with Crippen molar-refractivity contribution in [2.24, 2.45) is 0 Å². The number of aromatic nitrogens is 4. The highest BCUT2D eigenvalue weighted by atomic mass is 16.5. The van der Waals surface area contributed by atoms with Crippen molar-refractivity contribution >= 4 is 28.9 Å². The third-order valence-electron chi connectivity index (χ3n) is 8.65. The predicted octanol–water partition coefficient (Wildman–Crippen LogP) is 1.77. The number of H-pyrrole nitrogens is 1. The topological polar surface area (TPSA) is 206 Å². The lowest BCUT2D eigenvalue weighted by Crippen LogP contribution is -2.41. The Hall–Kier alpha value is -5.92. The third-order valence-corrected chi connectivity index (χ3v) is 8.65. The number of hydrogen-bond acceptors (Lipinski definition) is 11. The first-order valence-corrected chi connectivity index (χ1v) is 14.6. The molecule has 0 bridgehead atoms. The van der Waals surface area contributed by atoms with Crippen molar-refractivity contribution in [3.05, 3.63) is 113 Å². The van der Waals surface area contributed by atoms with E-state index < -0.39 is 28.4 Å². The van der Waals surface area contributed by atoms with E-state index in [1.54, 1.807) is 11.0 Å². The number of rotatable bonds is 7. The molecule has 14 heteroatoms. The average Bonchev–Trinajstić information content (AvgIpc) is 3.74. The van der Waals surface area contributed by atoms with Gasteiger partial charge in [0.2, 0.25) is 0 Å². The van der Waals surface area contributed by atoms with Crippen molar-refractivity contribution in [3.63, 3.8) is 0 Å². The minimum Gasteiger partial charge on any atom is -0.394 e. The maximum atomic E-state index is 13.1. The fraction of sp³-hybridized carbons (Fsp3) is 0.250. The van der Waals surface area contributed by atoms with Gasteiger partial charge in [-0.25, -0.2) is 14.8 Å². The molecule has 2 aromatic heterocycles. The molecule has 1 aliphatic carbocycles. The predicted molar refractivity (Wildman–Crippen MR) is 167 cm³/mol. The van der Waals surface area contributed by atoms with Crippen LogP contribution in [0.2, 0.25) is 0 Å². The highest BCUT2D eigenvalue weighted by molar-refractivity contribution is 5.97. The number of carbonyl (C=O) groups is 2. The number of aromatic amines is 1. The Morgan fingerprint density at radius 1 is 1.04 bits per heavy atom. The van der Waals surface area contributed by atoms with Crippen molar-refractivity contribution in [2.75, 3.05) is 17.2 Å². The number of amides is 2. The fourth-order valence-electron chi connectivity index (χ4n) is 6.29. The zero-order valence-corrected chi connectivity index (χ0v) is 24.8. The lowest BCUT2D eigenvalue weighted by Gasteiger charge is -2.24. The summed E-state index contributed by atoms with van der Waals surface area (Å²) in [6.07, 6.45) is 2.55. The average molecular weight is 621 g/mol. The van der Waals surface area contributed by atoms with Crippen molar-refractivity contribution in [2.45, 2.75) is 44.7 Å². The second-order valence-electron chi connectivity index (χ2n) is 12.1. The summed E-state index contributed by atoms with van der Waals surface area (Å²) in [4.78, 5) is 74.0. The second-order valence-corrected chi connectivity index (χ2v) is 12.1. The lowest BCUT2D eigenvalue weighted by molar-refractivity contribution is 0.0931. The minimum absolute atomic E-state index is 0.0265. The van der Waals surface area contributed by atoms with Gasteiger partial charge in [0.1, 0.15) is 29.1 Å². The monoisotopic (exact) mass is 620 g/mol. The molecule has 0 unspecified atom stereocenters. The van der Waals surface area contributed by atoms with Crippen LogP contribution in [0.5, 0.6) is 0 Å². The number of anilines is 3. The Balaban J connectivity index is 1.02. The maximum absolute atomic E-state index is 13.1. The molecule has 0 saturated heterocycles. The first-order valence-electron chi connectivity index (χ1n) is 14.6. The van der Waals surface area contributed by atoms with Gasteiger partial charge in [-0.05, 0) is 47.2 Å². The number of nitrogen functional groups attached to an aromatic ring is 1. The normalized spacial score (nSPS) is 16.3. The summed E-state index contributed by atoms with van der Waals surface area (Å²) < 4.78 is 4.59. The van der Waals surface area contributed by atoms with E-state index >= 15 is 0 Å². The highest BCUT2D eigenvalue weighted by Gasteiger charge is 2.39. The minimum atomic E-state index is -0.673. The molecular formula is C32H28N8O6. The van der Waals surface area contributed by atoms with Gasteiger partial charge in [0.15, 0.2) is 5.82 Å². The molecule has 46 heavy (non-hydrogen) atoms. The van der Waals surface area contributed by atoms with Gasteiger partial charge in [0.25, 0.3) is 22.7 Å². The van der Waals surface area contributed by atoms with Gasteiger partial charge in [0.05, 0.1) is 6.04 Å². The number of nitrogens with one attached hydrogen (secondary N) is 3. The smallest absolute Gasteiger partial charge is 0.394 e. The van der Waals surface area contributed by atoms with E-state index in [0.717, 1.165) is 27.9 Å². The van der Waals surface area contributed by atoms with Crippen molar-refractivity contribution in [1.29, 1.82) is 0 Å². The first kappa shape index (κ1) is 28.8. The van der Waals surface area contributed by atoms with Gasteiger partial charge in [0, 0.05) is 35.8 Å². The van der Waals surface area contributed by atoms with Crippen LogP contribution >= 0.6 is 0 Å². The molecule has 7 rings (SSSR count). The third kappa shape index (κ3) is 4.83. The Kier molecular flexibility index (Phi) is 6.65. The molecule has 2 amide bonds. The van der Waals surface area contributed by atoms with Gasteiger partial charge in [-0.1, -0.05) is 43.3 Å². The SMILES string of the molecule is CC1(C)CN(c2c(N)c(=O)c2=O)c2cc(CNC(=O)c3cc(C(=O)N[C@H]4CCc5cc(-c6noc(=O)[nH]6)ccc54)ncn3)ccc21. The fourth-order valence-corrected chi connectivity index (χ4v) is 6.29. The maximum Gasteiger partial charge on any atom is 0.439 e. The van der Waals surface area contributed by atoms with E-state index in [9.17, 15) is 24.0 Å². The molecule has 5 N–H and O–H groups in total. The lowest BCUT2D eigenvalue weighted by atomic mass is 9.86. The van der Waals surface area contributed by atoms with E-state index in [1.165, 1.54) is 12.4 Å². The standard InChI is InChI=1S/C32H28N8O6/c1-32(2)13-40(25-24(33)26(41)27(25)42)23-9-15(3-7-19(23)32)12-34-29(43)21-11-22(36-14-35-21)30(44)37-20-8-5-16-10-17(4-6-18(16)20)28-38-31(45)46-39-28/h3-4,6-7,9-11,14,20H,5,8,12-13,33H2,1-2H3,(H,34,43)(H,37,44)(H,38,39,45)/t20-/m0/s1. The number of benzene rings is 2. The van der Waals surface area contributed by atoms with Gasteiger partial charge >= 0.3 is 5.76 Å². The number of aryl methyl sites for hydroxylation is 1. The van der Waals surface area contributed by atoms with Crippen LogP contribution in [0.4, 0.5) is 17.1 Å². The molecular weight excluding hydrogens is 592 g/mol. The van der Waals surface area contributed by atoms with E-state index in [-0.39, 0.29) is 40.8 Å². The van der Waals surface area contributed by atoms with Crippen molar-refractivity contribution in [1.82, 2.24) is 30.7 Å². The van der Waals surface area contributed by atoms with Crippen LogP contribution in [-0.4, -0.2) is 38.5 Å². The summed E-state index contributed by atoms with van der Waals surface area (Å²) in [5.41, 5.74) is 9.73. The summed E-state index contributed by atoms with van der Waals surface area (Å²) >= 11 is 0. The van der Waals surface area contributed by atoms with Crippen LogP contribution in [0, 0.1) is 0 Å². The summed E-state index contributed by atoms with van der Waals surface area (Å²) in [5, 5.41) is 9.53. The Bertz CT molecular complexity index is 2190. The van der Waals surface area contributed by atoms with E-state index in [2.05, 4.69) is 35.3 Å². The molecule has 0 radical (unpaired) electrons.